The van der Waals surface area contributed by atoms with Crippen molar-refractivity contribution in [3.8, 4) is 5.75 Å². The molecule has 2 aromatic rings. The van der Waals surface area contributed by atoms with Gasteiger partial charge < -0.3 is 4.74 Å². The minimum Gasteiger partial charge on any atom is -0.496 e. The van der Waals surface area contributed by atoms with E-state index in [4.69, 9.17) is 4.74 Å². The number of nitrogens with one attached hydrogen (secondary N) is 1. The monoisotopic (exact) mass is 304 g/mol. The molecule has 92 valence electrons. The van der Waals surface area contributed by atoms with E-state index in [1.807, 2.05) is 48.5 Å². The van der Waals surface area contributed by atoms with Gasteiger partial charge in [-0.05, 0) is 51.8 Å². The second-order valence-electron chi connectivity index (χ2n) is 3.63. The Morgan fingerprint density at radius 2 is 1.94 bits per heavy atom. The molecule has 0 atom stereocenters. The summed E-state index contributed by atoms with van der Waals surface area (Å²) in [5.74, 6) is 0.808. The summed E-state index contributed by atoms with van der Waals surface area (Å²) in [4.78, 5) is 0. The van der Waals surface area contributed by atoms with Gasteiger partial charge in [-0.1, -0.05) is 18.2 Å². The number of nitrogens with zero attached hydrogens (tertiary/aromatic N) is 1. The summed E-state index contributed by atoms with van der Waals surface area (Å²) in [5.41, 5.74) is 4.92. The minimum absolute atomic E-state index is 0.808. The number of ether oxygens (including phenoxy) is 1. The van der Waals surface area contributed by atoms with Crippen molar-refractivity contribution in [1.29, 1.82) is 0 Å². The molecular formula is C14H13BrN2O. The number of anilines is 1. The quantitative estimate of drug-likeness (QED) is 0.686. The lowest BCUT2D eigenvalue weighted by atomic mass is 10.2. The maximum Gasteiger partial charge on any atom is 0.133 e. The van der Waals surface area contributed by atoms with Gasteiger partial charge in [0, 0.05) is 0 Å². The van der Waals surface area contributed by atoms with Crippen LogP contribution in [-0.4, -0.2) is 13.3 Å². The van der Waals surface area contributed by atoms with Crippen LogP contribution in [0.5, 0.6) is 5.75 Å². The number of halogens is 1. The molecule has 0 unspecified atom stereocenters. The molecule has 18 heavy (non-hydrogen) atoms. The predicted octanol–water partition coefficient (Wildman–Crippen LogP) is 3.90. The van der Waals surface area contributed by atoms with Crippen LogP contribution in [0.15, 0.2) is 58.1 Å². The Morgan fingerprint density at radius 1 is 1.17 bits per heavy atom. The number of hydrazone groups is 1. The molecule has 0 heterocycles. The molecule has 0 fully saturated rings. The number of benzene rings is 2. The standard InChI is InChI=1S/C14H13BrN2O/c1-18-14-8-7-11(9-13(14)15)10-16-17-12-5-3-2-4-6-12/h2-10,17H,1H3. The normalized spacial score (nSPS) is 10.6. The molecule has 1 N–H and O–H groups in total. The molecule has 2 aromatic carbocycles. The zero-order valence-electron chi connectivity index (χ0n) is 9.93. The highest BCUT2D eigenvalue weighted by atomic mass is 79.9. The second-order valence-corrected chi connectivity index (χ2v) is 4.48. The van der Waals surface area contributed by atoms with Crippen molar-refractivity contribution in [3.63, 3.8) is 0 Å². The molecule has 0 amide bonds. The first-order valence-electron chi connectivity index (χ1n) is 5.47. The summed E-state index contributed by atoms with van der Waals surface area (Å²) in [5, 5.41) is 4.17. The molecule has 0 saturated carbocycles. The Hall–Kier alpha value is -1.81. The molecule has 0 radical (unpaired) electrons. The van der Waals surface area contributed by atoms with E-state index in [0.29, 0.717) is 0 Å². The van der Waals surface area contributed by atoms with Crippen LogP contribution in [-0.2, 0) is 0 Å². The summed E-state index contributed by atoms with van der Waals surface area (Å²) < 4.78 is 6.08. The van der Waals surface area contributed by atoms with Gasteiger partial charge in [0.15, 0.2) is 0 Å². The maximum absolute atomic E-state index is 5.17. The SMILES string of the molecule is COc1ccc(C=NNc2ccccc2)cc1Br. The van der Waals surface area contributed by atoms with E-state index in [2.05, 4.69) is 26.5 Å². The number of hydrogen-bond donors (Lipinski definition) is 1. The lowest BCUT2D eigenvalue weighted by Gasteiger charge is -2.03. The Kier molecular flexibility index (Phi) is 4.36. The highest BCUT2D eigenvalue weighted by molar-refractivity contribution is 9.10. The van der Waals surface area contributed by atoms with Gasteiger partial charge in [0.25, 0.3) is 0 Å². The van der Waals surface area contributed by atoms with Crippen LogP contribution < -0.4 is 10.2 Å². The van der Waals surface area contributed by atoms with E-state index < -0.39 is 0 Å². The highest BCUT2D eigenvalue weighted by Gasteiger charge is 1.99. The molecule has 0 spiro atoms. The van der Waals surface area contributed by atoms with Gasteiger partial charge in [-0.3, -0.25) is 5.43 Å². The zero-order valence-corrected chi connectivity index (χ0v) is 11.5. The zero-order chi connectivity index (χ0) is 12.8. The fourth-order valence-corrected chi connectivity index (χ4v) is 2.02. The molecule has 0 bridgehead atoms. The highest BCUT2D eigenvalue weighted by Crippen LogP contribution is 2.24. The average Bonchev–Trinajstić information content (AvgIpc) is 2.40. The van der Waals surface area contributed by atoms with E-state index in [9.17, 15) is 0 Å². The molecule has 2 rings (SSSR count). The molecule has 0 aliphatic carbocycles. The second kappa shape index (κ2) is 6.21. The van der Waals surface area contributed by atoms with Gasteiger partial charge in [0.2, 0.25) is 0 Å². The Labute approximate surface area is 115 Å². The van der Waals surface area contributed by atoms with Gasteiger partial charge in [-0.25, -0.2) is 0 Å². The van der Waals surface area contributed by atoms with Gasteiger partial charge in [0.05, 0.1) is 23.5 Å². The van der Waals surface area contributed by atoms with Gasteiger partial charge >= 0.3 is 0 Å². The van der Waals surface area contributed by atoms with Crippen molar-refractivity contribution in [3.05, 3.63) is 58.6 Å². The van der Waals surface area contributed by atoms with Crippen LogP contribution in [0.2, 0.25) is 0 Å². The van der Waals surface area contributed by atoms with Crippen LogP contribution >= 0.6 is 15.9 Å². The third-order valence-electron chi connectivity index (χ3n) is 2.36. The third kappa shape index (κ3) is 3.34. The largest absolute Gasteiger partial charge is 0.496 e. The lowest BCUT2D eigenvalue weighted by Crippen LogP contribution is -1.91. The smallest absolute Gasteiger partial charge is 0.133 e. The first kappa shape index (κ1) is 12.6. The summed E-state index contributed by atoms with van der Waals surface area (Å²) in [7, 11) is 1.64. The molecular weight excluding hydrogens is 292 g/mol. The van der Waals surface area contributed by atoms with Crippen molar-refractivity contribution in [2.24, 2.45) is 5.10 Å². The molecule has 0 aliphatic rings. The van der Waals surface area contributed by atoms with Gasteiger partial charge in [-0.2, -0.15) is 5.10 Å². The molecule has 0 aromatic heterocycles. The molecule has 0 aliphatic heterocycles. The summed E-state index contributed by atoms with van der Waals surface area (Å²) in [6.45, 7) is 0. The van der Waals surface area contributed by atoms with E-state index in [1.54, 1.807) is 13.3 Å². The number of rotatable bonds is 4. The van der Waals surface area contributed by atoms with Crippen LogP contribution in [0.25, 0.3) is 0 Å². The first-order chi connectivity index (χ1) is 8.79. The number of hydrogen-bond acceptors (Lipinski definition) is 3. The molecule has 0 saturated heterocycles. The number of para-hydroxylation sites is 1. The van der Waals surface area contributed by atoms with Crippen LogP contribution in [0, 0.1) is 0 Å². The molecule has 4 heteroatoms. The van der Waals surface area contributed by atoms with Crippen molar-refractivity contribution in [1.82, 2.24) is 0 Å². The van der Waals surface area contributed by atoms with Crippen molar-refractivity contribution in [2.45, 2.75) is 0 Å². The van der Waals surface area contributed by atoms with Crippen molar-refractivity contribution in [2.75, 3.05) is 12.5 Å². The predicted molar refractivity (Wildman–Crippen MR) is 78.4 cm³/mol. The van der Waals surface area contributed by atoms with Gasteiger partial charge in [0.1, 0.15) is 5.75 Å². The topological polar surface area (TPSA) is 33.6 Å². The summed E-state index contributed by atoms with van der Waals surface area (Å²) in [6, 6.07) is 15.6. The van der Waals surface area contributed by atoms with E-state index in [1.165, 1.54) is 0 Å². The maximum atomic E-state index is 5.17. The summed E-state index contributed by atoms with van der Waals surface area (Å²) in [6.07, 6.45) is 1.76. The minimum atomic E-state index is 0.808. The van der Waals surface area contributed by atoms with Crippen molar-refractivity contribution >= 4 is 27.8 Å². The summed E-state index contributed by atoms with van der Waals surface area (Å²) >= 11 is 3.44. The van der Waals surface area contributed by atoms with Crippen LogP contribution in [0.1, 0.15) is 5.56 Å². The lowest BCUT2D eigenvalue weighted by molar-refractivity contribution is 0.412. The number of methoxy groups -OCH3 is 1. The Balaban J connectivity index is 2.03. The average molecular weight is 305 g/mol. The fourth-order valence-electron chi connectivity index (χ4n) is 1.46. The Morgan fingerprint density at radius 3 is 2.61 bits per heavy atom. The third-order valence-corrected chi connectivity index (χ3v) is 2.98. The van der Waals surface area contributed by atoms with Crippen LogP contribution in [0.4, 0.5) is 5.69 Å². The first-order valence-corrected chi connectivity index (χ1v) is 6.26. The van der Waals surface area contributed by atoms with E-state index >= 15 is 0 Å². The molecule has 3 nitrogen and oxygen atoms in total. The van der Waals surface area contributed by atoms with Gasteiger partial charge in [-0.15, -0.1) is 0 Å². The van der Waals surface area contributed by atoms with E-state index in [0.717, 1.165) is 21.5 Å². The fraction of sp³-hybridized carbons (Fsp3) is 0.0714. The van der Waals surface area contributed by atoms with E-state index in [-0.39, 0.29) is 0 Å². The van der Waals surface area contributed by atoms with Crippen molar-refractivity contribution < 1.29 is 4.74 Å². The Bertz CT molecular complexity index is 541. The van der Waals surface area contributed by atoms with Crippen LogP contribution in [0.3, 0.4) is 0 Å².